The first-order valence-corrected chi connectivity index (χ1v) is 7.12. The van der Waals surface area contributed by atoms with E-state index in [9.17, 15) is 0 Å². The second-order valence-electron chi connectivity index (χ2n) is 4.86. The van der Waals surface area contributed by atoms with Crippen LogP contribution in [0.5, 0.6) is 0 Å². The second kappa shape index (κ2) is 8.34. The molecule has 0 spiro atoms. The quantitative estimate of drug-likeness (QED) is 0.564. The van der Waals surface area contributed by atoms with Crippen molar-refractivity contribution >= 4 is 11.6 Å². The number of rotatable bonds is 7. The van der Waals surface area contributed by atoms with Gasteiger partial charge in [-0.05, 0) is 63.4 Å². The molecule has 0 amide bonds. The summed E-state index contributed by atoms with van der Waals surface area (Å²) in [6.07, 6.45) is 5.54. The van der Waals surface area contributed by atoms with Gasteiger partial charge in [-0.15, -0.1) is 0 Å². The zero-order valence-electron chi connectivity index (χ0n) is 11.7. The van der Waals surface area contributed by atoms with Crippen LogP contribution in [0.3, 0.4) is 0 Å². The first kappa shape index (κ1) is 15.3. The number of hydrogen-bond acceptors (Lipinski definition) is 1. The van der Waals surface area contributed by atoms with Crippen LogP contribution in [-0.4, -0.2) is 13.1 Å². The lowest BCUT2D eigenvalue weighted by atomic mass is 10.0. The van der Waals surface area contributed by atoms with Gasteiger partial charge in [-0.25, -0.2) is 0 Å². The third kappa shape index (κ3) is 5.70. The van der Waals surface area contributed by atoms with Crippen LogP contribution in [0.25, 0.3) is 0 Å². The van der Waals surface area contributed by atoms with E-state index in [4.69, 9.17) is 11.6 Å². The van der Waals surface area contributed by atoms with Crippen molar-refractivity contribution in [3.8, 4) is 0 Å². The van der Waals surface area contributed by atoms with Crippen LogP contribution in [0.2, 0.25) is 5.02 Å². The van der Waals surface area contributed by atoms with Gasteiger partial charge in [-0.2, -0.15) is 0 Å². The molecule has 0 atom stereocenters. The molecular formula is C16H24ClN. The lowest BCUT2D eigenvalue weighted by molar-refractivity contribution is 0.677. The van der Waals surface area contributed by atoms with Gasteiger partial charge in [0.1, 0.15) is 0 Å². The smallest absolute Gasteiger partial charge is 0.0443 e. The van der Waals surface area contributed by atoms with Crippen molar-refractivity contribution in [2.24, 2.45) is 0 Å². The molecule has 0 saturated carbocycles. The Balaban J connectivity index is 2.43. The summed E-state index contributed by atoms with van der Waals surface area (Å²) in [5.41, 5.74) is 3.82. The number of allylic oxidation sites excluding steroid dienone is 1. The van der Waals surface area contributed by atoms with Crippen LogP contribution in [0.15, 0.2) is 29.8 Å². The molecule has 0 aliphatic heterocycles. The summed E-state index contributed by atoms with van der Waals surface area (Å²) in [7, 11) is 0. The fourth-order valence-corrected chi connectivity index (χ4v) is 2.19. The molecule has 1 nitrogen and oxygen atoms in total. The molecular weight excluding hydrogens is 242 g/mol. The standard InChI is InChI=1S/C16H24ClN/c1-4-9-18-10-5-6-13(2)11-15-8-7-14(3)12-16(15)17/h6-8,12,18H,4-5,9-11H2,1-3H3/b13-6-. The molecule has 1 aromatic carbocycles. The predicted molar refractivity (Wildman–Crippen MR) is 81.4 cm³/mol. The summed E-state index contributed by atoms with van der Waals surface area (Å²) in [4.78, 5) is 0. The molecule has 0 radical (unpaired) electrons. The molecule has 0 saturated heterocycles. The molecule has 2 heteroatoms. The zero-order chi connectivity index (χ0) is 13.4. The monoisotopic (exact) mass is 265 g/mol. The minimum Gasteiger partial charge on any atom is -0.316 e. The Labute approximate surface area is 116 Å². The Morgan fingerprint density at radius 2 is 2.11 bits per heavy atom. The van der Waals surface area contributed by atoms with E-state index in [1.54, 1.807) is 0 Å². The molecule has 0 aliphatic carbocycles. The number of benzene rings is 1. The van der Waals surface area contributed by atoms with E-state index >= 15 is 0 Å². The highest BCUT2D eigenvalue weighted by Gasteiger charge is 2.01. The SMILES string of the molecule is CCCNCC/C=C(/C)Cc1ccc(C)cc1Cl. The Kier molecular flexibility index (Phi) is 7.07. The highest BCUT2D eigenvalue weighted by atomic mass is 35.5. The van der Waals surface area contributed by atoms with Crippen LogP contribution >= 0.6 is 11.6 Å². The van der Waals surface area contributed by atoms with Gasteiger partial charge in [0.2, 0.25) is 0 Å². The molecule has 0 fully saturated rings. The average Bonchev–Trinajstić information content (AvgIpc) is 2.32. The van der Waals surface area contributed by atoms with Crippen molar-refractivity contribution in [3.63, 3.8) is 0 Å². The minimum absolute atomic E-state index is 0.881. The van der Waals surface area contributed by atoms with Crippen LogP contribution < -0.4 is 5.32 Å². The Bertz CT molecular complexity index is 396. The van der Waals surface area contributed by atoms with Crippen LogP contribution in [0.1, 0.15) is 37.8 Å². The Hall–Kier alpha value is -0.790. The maximum atomic E-state index is 6.24. The Morgan fingerprint density at radius 1 is 1.33 bits per heavy atom. The Morgan fingerprint density at radius 3 is 2.78 bits per heavy atom. The van der Waals surface area contributed by atoms with Crippen molar-refractivity contribution in [2.45, 2.75) is 40.0 Å². The fraction of sp³-hybridized carbons (Fsp3) is 0.500. The lowest BCUT2D eigenvalue weighted by Crippen LogP contribution is -2.15. The van der Waals surface area contributed by atoms with Gasteiger partial charge in [-0.3, -0.25) is 0 Å². The van der Waals surface area contributed by atoms with Gasteiger partial charge in [0.15, 0.2) is 0 Å². The first-order valence-electron chi connectivity index (χ1n) is 6.75. The number of halogens is 1. The van der Waals surface area contributed by atoms with E-state index < -0.39 is 0 Å². The lowest BCUT2D eigenvalue weighted by Gasteiger charge is -2.06. The average molecular weight is 266 g/mol. The van der Waals surface area contributed by atoms with Crippen LogP contribution in [0, 0.1) is 6.92 Å². The van der Waals surface area contributed by atoms with Gasteiger partial charge < -0.3 is 5.32 Å². The molecule has 0 bridgehead atoms. The third-order valence-corrected chi connectivity index (χ3v) is 3.27. The molecule has 100 valence electrons. The van der Waals surface area contributed by atoms with E-state index in [2.05, 4.69) is 44.3 Å². The maximum absolute atomic E-state index is 6.24. The number of aryl methyl sites for hydroxylation is 1. The molecule has 0 aliphatic rings. The molecule has 1 rings (SSSR count). The van der Waals surface area contributed by atoms with Gasteiger partial charge in [0, 0.05) is 5.02 Å². The maximum Gasteiger partial charge on any atom is 0.0443 e. The van der Waals surface area contributed by atoms with Crippen molar-refractivity contribution in [3.05, 3.63) is 46.0 Å². The van der Waals surface area contributed by atoms with E-state index in [0.717, 1.165) is 31.0 Å². The fourth-order valence-electron chi connectivity index (χ4n) is 1.89. The van der Waals surface area contributed by atoms with Gasteiger partial charge in [-0.1, -0.05) is 42.3 Å². The van der Waals surface area contributed by atoms with E-state index in [1.165, 1.54) is 23.1 Å². The predicted octanol–water partition coefficient (Wildman–Crippen LogP) is 4.53. The molecule has 0 aromatic heterocycles. The summed E-state index contributed by atoms with van der Waals surface area (Å²) < 4.78 is 0. The minimum atomic E-state index is 0.881. The summed E-state index contributed by atoms with van der Waals surface area (Å²) in [6.45, 7) is 8.60. The normalized spacial score (nSPS) is 11.9. The molecule has 18 heavy (non-hydrogen) atoms. The first-order chi connectivity index (χ1) is 8.63. The summed E-state index contributed by atoms with van der Waals surface area (Å²) in [5.74, 6) is 0. The van der Waals surface area contributed by atoms with Gasteiger partial charge in [0.25, 0.3) is 0 Å². The van der Waals surface area contributed by atoms with E-state index in [0.29, 0.717) is 0 Å². The van der Waals surface area contributed by atoms with E-state index in [1.807, 2.05) is 6.07 Å². The topological polar surface area (TPSA) is 12.0 Å². The van der Waals surface area contributed by atoms with Crippen molar-refractivity contribution in [2.75, 3.05) is 13.1 Å². The van der Waals surface area contributed by atoms with Crippen LogP contribution in [0.4, 0.5) is 0 Å². The van der Waals surface area contributed by atoms with Gasteiger partial charge in [0.05, 0.1) is 0 Å². The van der Waals surface area contributed by atoms with Crippen molar-refractivity contribution in [1.29, 1.82) is 0 Å². The van der Waals surface area contributed by atoms with E-state index in [-0.39, 0.29) is 0 Å². The molecule has 0 unspecified atom stereocenters. The molecule has 1 aromatic rings. The van der Waals surface area contributed by atoms with Crippen molar-refractivity contribution in [1.82, 2.24) is 5.32 Å². The second-order valence-corrected chi connectivity index (χ2v) is 5.27. The largest absolute Gasteiger partial charge is 0.316 e. The molecule has 1 N–H and O–H groups in total. The zero-order valence-corrected chi connectivity index (χ0v) is 12.5. The summed E-state index contributed by atoms with van der Waals surface area (Å²) in [5, 5.41) is 4.28. The molecule has 0 heterocycles. The van der Waals surface area contributed by atoms with Gasteiger partial charge >= 0.3 is 0 Å². The summed E-state index contributed by atoms with van der Waals surface area (Å²) in [6, 6.07) is 6.29. The number of hydrogen-bond donors (Lipinski definition) is 1. The third-order valence-electron chi connectivity index (χ3n) is 2.92. The summed E-state index contributed by atoms with van der Waals surface area (Å²) >= 11 is 6.24. The highest BCUT2D eigenvalue weighted by Crippen LogP contribution is 2.20. The highest BCUT2D eigenvalue weighted by molar-refractivity contribution is 6.31. The van der Waals surface area contributed by atoms with Crippen molar-refractivity contribution < 1.29 is 0 Å². The van der Waals surface area contributed by atoms with Crippen LogP contribution in [-0.2, 0) is 6.42 Å². The number of nitrogens with one attached hydrogen (secondary N) is 1.